The van der Waals surface area contributed by atoms with Gasteiger partial charge in [-0.3, -0.25) is 9.59 Å². The number of hydrogen-bond acceptors (Lipinski definition) is 3. The van der Waals surface area contributed by atoms with Crippen LogP contribution in [-0.2, 0) is 17.6 Å². The third-order valence-electron chi connectivity index (χ3n) is 5.73. The highest BCUT2D eigenvalue weighted by Crippen LogP contribution is 2.40. The summed E-state index contributed by atoms with van der Waals surface area (Å²) in [4.78, 5) is 27.4. The van der Waals surface area contributed by atoms with Crippen molar-refractivity contribution in [2.24, 2.45) is 5.92 Å². The molecule has 4 rings (SSSR count). The van der Waals surface area contributed by atoms with E-state index in [1.165, 1.54) is 4.88 Å². The molecule has 0 fully saturated rings. The monoisotopic (exact) mass is 418 g/mol. The average Bonchev–Trinajstić information content (AvgIpc) is 3.11. The zero-order valence-corrected chi connectivity index (χ0v) is 18.1. The molecule has 4 nitrogen and oxygen atoms in total. The number of anilines is 1. The van der Waals surface area contributed by atoms with E-state index in [1.54, 1.807) is 18.4 Å². The number of carbonyl (C=O) groups excluding carboxylic acids is 2. The maximum Gasteiger partial charge on any atom is 0.254 e. The quantitative estimate of drug-likeness (QED) is 0.612. The second-order valence-electron chi connectivity index (χ2n) is 7.88. The van der Waals surface area contributed by atoms with E-state index in [0.29, 0.717) is 16.5 Å². The largest absolute Gasteiger partial charge is 0.355 e. The SMILES string of the molecule is CNC(=O)c1c(NC(=O)C(c2ccccc2)c2ccccc2)sc2c1CCC(C)C2. The Morgan fingerprint density at radius 3 is 2.17 bits per heavy atom. The van der Waals surface area contributed by atoms with Crippen molar-refractivity contribution >= 4 is 28.2 Å². The van der Waals surface area contributed by atoms with Crippen molar-refractivity contribution in [2.45, 2.75) is 32.1 Å². The van der Waals surface area contributed by atoms with Crippen molar-refractivity contribution in [2.75, 3.05) is 12.4 Å². The first-order valence-corrected chi connectivity index (χ1v) is 11.2. The van der Waals surface area contributed by atoms with E-state index in [0.717, 1.165) is 36.0 Å². The van der Waals surface area contributed by atoms with Crippen molar-refractivity contribution in [3.8, 4) is 0 Å². The van der Waals surface area contributed by atoms with Gasteiger partial charge in [-0.05, 0) is 41.9 Å². The lowest BCUT2D eigenvalue weighted by atomic mass is 9.88. The number of thiophene rings is 1. The minimum Gasteiger partial charge on any atom is -0.355 e. The first-order chi connectivity index (χ1) is 14.6. The Morgan fingerprint density at radius 1 is 1.00 bits per heavy atom. The van der Waals surface area contributed by atoms with Crippen molar-refractivity contribution in [3.63, 3.8) is 0 Å². The van der Waals surface area contributed by atoms with Gasteiger partial charge >= 0.3 is 0 Å². The smallest absolute Gasteiger partial charge is 0.254 e. The van der Waals surface area contributed by atoms with Gasteiger partial charge in [0.1, 0.15) is 5.00 Å². The molecule has 0 saturated heterocycles. The summed E-state index contributed by atoms with van der Waals surface area (Å²) < 4.78 is 0. The van der Waals surface area contributed by atoms with Gasteiger partial charge in [0.25, 0.3) is 5.91 Å². The summed E-state index contributed by atoms with van der Waals surface area (Å²) in [6, 6.07) is 19.6. The Kier molecular flexibility index (Phi) is 6.00. The van der Waals surface area contributed by atoms with Crippen molar-refractivity contribution in [3.05, 3.63) is 87.8 Å². The van der Waals surface area contributed by atoms with Crippen LogP contribution >= 0.6 is 11.3 Å². The minimum absolute atomic E-state index is 0.121. The highest BCUT2D eigenvalue weighted by Gasteiger charge is 2.30. The average molecular weight is 419 g/mol. The summed E-state index contributed by atoms with van der Waals surface area (Å²) in [7, 11) is 1.64. The summed E-state index contributed by atoms with van der Waals surface area (Å²) in [5.74, 6) is -0.0980. The molecule has 30 heavy (non-hydrogen) atoms. The molecule has 1 aliphatic carbocycles. The lowest BCUT2D eigenvalue weighted by Gasteiger charge is -2.19. The molecule has 1 heterocycles. The molecule has 1 atom stereocenters. The number of fused-ring (bicyclic) bond motifs is 1. The van der Waals surface area contributed by atoms with Crippen LogP contribution in [-0.4, -0.2) is 18.9 Å². The molecule has 0 aliphatic heterocycles. The maximum absolute atomic E-state index is 13.5. The van der Waals surface area contributed by atoms with Crippen LogP contribution in [0.1, 0.15) is 51.2 Å². The van der Waals surface area contributed by atoms with E-state index >= 15 is 0 Å². The first kappa shape index (κ1) is 20.4. The molecule has 0 bridgehead atoms. The maximum atomic E-state index is 13.5. The minimum atomic E-state index is -0.442. The standard InChI is InChI=1S/C25H26N2O2S/c1-16-13-14-19-20(15-16)30-25(22(19)23(28)26-2)27-24(29)21(17-9-5-3-6-10-17)18-11-7-4-8-12-18/h3-12,16,21H,13-15H2,1-2H3,(H,26,28)(H,27,29). The van der Waals surface area contributed by atoms with Gasteiger partial charge in [0.05, 0.1) is 11.5 Å². The van der Waals surface area contributed by atoms with E-state index < -0.39 is 5.92 Å². The van der Waals surface area contributed by atoms with Crippen molar-refractivity contribution in [1.82, 2.24) is 5.32 Å². The zero-order valence-electron chi connectivity index (χ0n) is 17.3. The Morgan fingerprint density at radius 2 is 1.60 bits per heavy atom. The van der Waals surface area contributed by atoms with E-state index in [2.05, 4.69) is 17.6 Å². The molecule has 0 saturated carbocycles. The molecule has 2 amide bonds. The van der Waals surface area contributed by atoms with Crippen LogP contribution in [0.25, 0.3) is 0 Å². The normalized spacial score (nSPS) is 15.5. The Labute approximate surface area is 181 Å². The van der Waals surface area contributed by atoms with Gasteiger partial charge < -0.3 is 10.6 Å². The van der Waals surface area contributed by atoms with Crippen LogP contribution in [0.5, 0.6) is 0 Å². The fourth-order valence-electron chi connectivity index (χ4n) is 4.17. The van der Waals surface area contributed by atoms with E-state index in [1.807, 2.05) is 60.7 Å². The molecular weight excluding hydrogens is 392 g/mol. The van der Waals surface area contributed by atoms with Gasteiger partial charge in [-0.1, -0.05) is 67.6 Å². The third-order valence-corrected chi connectivity index (χ3v) is 6.90. The van der Waals surface area contributed by atoms with E-state index in [9.17, 15) is 9.59 Å². The summed E-state index contributed by atoms with van der Waals surface area (Å²) >= 11 is 1.55. The number of benzene rings is 2. The predicted octanol–water partition coefficient (Wildman–Crippen LogP) is 5.00. The number of rotatable bonds is 5. The lowest BCUT2D eigenvalue weighted by molar-refractivity contribution is -0.116. The lowest BCUT2D eigenvalue weighted by Crippen LogP contribution is -2.25. The predicted molar refractivity (Wildman–Crippen MR) is 122 cm³/mol. The zero-order chi connectivity index (χ0) is 21.1. The Balaban J connectivity index is 1.72. The highest BCUT2D eigenvalue weighted by atomic mass is 32.1. The molecule has 2 aromatic carbocycles. The van der Waals surface area contributed by atoms with Gasteiger partial charge in [-0.25, -0.2) is 0 Å². The molecule has 1 aromatic heterocycles. The van der Waals surface area contributed by atoms with Crippen LogP contribution in [0.3, 0.4) is 0 Å². The summed E-state index contributed by atoms with van der Waals surface area (Å²) in [6.07, 6.45) is 2.91. The van der Waals surface area contributed by atoms with Crippen LogP contribution in [0.2, 0.25) is 0 Å². The molecule has 0 spiro atoms. The fraction of sp³-hybridized carbons (Fsp3) is 0.280. The Bertz CT molecular complexity index is 1000. The van der Waals surface area contributed by atoms with Gasteiger partial charge in [-0.2, -0.15) is 0 Å². The molecule has 2 N–H and O–H groups in total. The van der Waals surface area contributed by atoms with Crippen LogP contribution in [0, 0.1) is 5.92 Å². The number of carbonyl (C=O) groups is 2. The molecular formula is C25H26N2O2S. The molecule has 0 radical (unpaired) electrons. The van der Waals surface area contributed by atoms with E-state index in [4.69, 9.17) is 0 Å². The summed E-state index contributed by atoms with van der Waals surface area (Å²) in [5.41, 5.74) is 3.59. The van der Waals surface area contributed by atoms with Gasteiger partial charge in [0.2, 0.25) is 5.91 Å². The topological polar surface area (TPSA) is 58.2 Å². The first-order valence-electron chi connectivity index (χ1n) is 10.4. The second-order valence-corrected chi connectivity index (χ2v) is 8.98. The molecule has 5 heteroatoms. The van der Waals surface area contributed by atoms with Crippen molar-refractivity contribution in [1.29, 1.82) is 0 Å². The molecule has 154 valence electrons. The summed E-state index contributed by atoms with van der Waals surface area (Å²) in [6.45, 7) is 2.24. The van der Waals surface area contributed by atoms with E-state index in [-0.39, 0.29) is 11.8 Å². The second kappa shape index (κ2) is 8.84. The van der Waals surface area contributed by atoms with Crippen LogP contribution in [0.15, 0.2) is 60.7 Å². The molecule has 1 aliphatic rings. The molecule has 1 unspecified atom stereocenters. The van der Waals surface area contributed by atoms with Crippen molar-refractivity contribution < 1.29 is 9.59 Å². The molecule has 3 aromatic rings. The summed E-state index contributed by atoms with van der Waals surface area (Å²) in [5, 5.41) is 6.53. The van der Waals surface area contributed by atoms with Gasteiger partial charge in [0.15, 0.2) is 0 Å². The highest BCUT2D eigenvalue weighted by molar-refractivity contribution is 7.17. The number of hydrogen-bond donors (Lipinski definition) is 2. The number of nitrogens with one attached hydrogen (secondary N) is 2. The Hall–Kier alpha value is -2.92. The van der Waals surface area contributed by atoms with Gasteiger partial charge in [0, 0.05) is 11.9 Å². The van der Waals surface area contributed by atoms with Crippen LogP contribution in [0.4, 0.5) is 5.00 Å². The van der Waals surface area contributed by atoms with Crippen LogP contribution < -0.4 is 10.6 Å². The fourth-order valence-corrected chi connectivity index (χ4v) is 5.59. The van der Waals surface area contributed by atoms with Gasteiger partial charge in [-0.15, -0.1) is 11.3 Å². The third kappa shape index (κ3) is 4.03. The number of amides is 2.